The van der Waals surface area contributed by atoms with Gasteiger partial charge in [0.1, 0.15) is 5.75 Å². The highest BCUT2D eigenvalue weighted by Crippen LogP contribution is 2.25. The number of benzene rings is 1. The molecule has 2 rings (SSSR count). The van der Waals surface area contributed by atoms with E-state index in [1.54, 1.807) is 12.1 Å². The first-order valence-electron chi connectivity index (χ1n) is 7.20. The third-order valence-corrected chi connectivity index (χ3v) is 6.23. The lowest BCUT2D eigenvalue weighted by Crippen LogP contribution is -2.40. The number of rotatable bonds is 5. The molecule has 132 valence electrons. The van der Waals surface area contributed by atoms with E-state index in [2.05, 4.69) is 15.9 Å². The van der Waals surface area contributed by atoms with Crippen molar-refractivity contribution < 1.29 is 27.5 Å². The molecule has 0 radical (unpaired) electrons. The van der Waals surface area contributed by atoms with Crippen LogP contribution in [0.3, 0.4) is 0 Å². The van der Waals surface area contributed by atoms with Gasteiger partial charge in [0, 0.05) is 13.1 Å². The third-order valence-electron chi connectivity index (χ3n) is 3.86. The first-order valence-corrected chi connectivity index (χ1v) is 9.81. The van der Waals surface area contributed by atoms with Crippen LogP contribution in [0.1, 0.15) is 16.8 Å². The van der Waals surface area contributed by atoms with Gasteiger partial charge < -0.3 is 14.4 Å². The van der Waals surface area contributed by atoms with E-state index in [9.17, 15) is 18.0 Å². The molecule has 1 heterocycles. The highest BCUT2D eigenvalue weighted by molar-refractivity contribution is 9.10. The van der Waals surface area contributed by atoms with Gasteiger partial charge in [-0.25, -0.2) is 13.2 Å². The molecule has 0 bridgehead atoms. The molecule has 7 nitrogen and oxygen atoms in total. The fourth-order valence-corrected chi connectivity index (χ4v) is 4.71. The number of nitrogens with zero attached hydrogens (tertiary/aromatic N) is 1. The SMILES string of the molecule is COc1ccc(C(=O)OCC(=O)N(C)[C@@H]2CCS(=O)(=O)C2)cc1Br. The van der Waals surface area contributed by atoms with Crippen molar-refractivity contribution in [3.05, 3.63) is 28.2 Å². The molecule has 1 aliphatic rings. The van der Waals surface area contributed by atoms with Crippen LogP contribution in [-0.2, 0) is 19.4 Å². The Hall–Kier alpha value is -1.61. The Morgan fingerprint density at radius 2 is 2.08 bits per heavy atom. The van der Waals surface area contributed by atoms with E-state index in [0.717, 1.165) is 0 Å². The Balaban J connectivity index is 1.91. The second kappa shape index (κ2) is 7.52. The summed E-state index contributed by atoms with van der Waals surface area (Å²) in [5.41, 5.74) is 0.279. The molecule has 1 amide bonds. The maximum absolute atomic E-state index is 12.1. The normalized spacial score (nSPS) is 18.9. The van der Waals surface area contributed by atoms with Crippen molar-refractivity contribution in [3.8, 4) is 5.75 Å². The Morgan fingerprint density at radius 3 is 2.62 bits per heavy atom. The summed E-state index contributed by atoms with van der Waals surface area (Å²) >= 11 is 3.27. The topological polar surface area (TPSA) is 90.0 Å². The quantitative estimate of drug-likeness (QED) is 0.667. The maximum atomic E-state index is 12.1. The van der Waals surface area contributed by atoms with Crippen molar-refractivity contribution in [2.75, 3.05) is 32.3 Å². The maximum Gasteiger partial charge on any atom is 0.338 e. The number of esters is 1. The zero-order valence-electron chi connectivity index (χ0n) is 13.3. The van der Waals surface area contributed by atoms with Crippen LogP contribution in [0.2, 0.25) is 0 Å². The van der Waals surface area contributed by atoms with Gasteiger partial charge in [-0.2, -0.15) is 0 Å². The molecule has 1 fully saturated rings. The van der Waals surface area contributed by atoms with Crippen LogP contribution in [0.15, 0.2) is 22.7 Å². The van der Waals surface area contributed by atoms with Gasteiger partial charge in [-0.15, -0.1) is 0 Å². The van der Waals surface area contributed by atoms with Crippen molar-refractivity contribution in [2.24, 2.45) is 0 Å². The Kier molecular flexibility index (Phi) is 5.87. The van der Waals surface area contributed by atoms with E-state index in [1.807, 2.05) is 0 Å². The molecule has 1 aromatic carbocycles. The molecule has 0 aromatic heterocycles. The molecule has 1 aromatic rings. The standard InChI is InChI=1S/C15H18BrNO6S/c1-17(11-5-6-24(20,21)9-11)14(18)8-23-15(19)10-3-4-13(22-2)12(16)7-10/h3-4,7,11H,5-6,8-9H2,1-2H3/t11-/m1/s1. The number of hydrogen-bond acceptors (Lipinski definition) is 6. The molecule has 0 aliphatic carbocycles. The summed E-state index contributed by atoms with van der Waals surface area (Å²) < 4.78 is 33.6. The second-order valence-electron chi connectivity index (χ2n) is 5.49. The van der Waals surface area contributed by atoms with Gasteiger partial charge in [0.15, 0.2) is 16.4 Å². The predicted molar refractivity (Wildman–Crippen MR) is 90.8 cm³/mol. The van der Waals surface area contributed by atoms with Gasteiger partial charge in [0.05, 0.1) is 28.7 Å². The van der Waals surface area contributed by atoms with Crippen molar-refractivity contribution in [2.45, 2.75) is 12.5 Å². The smallest absolute Gasteiger partial charge is 0.338 e. The molecule has 0 unspecified atom stereocenters. The number of halogens is 1. The van der Waals surface area contributed by atoms with Crippen LogP contribution in [0.4, 0.5) is 0 Å². The highest BCUT2D eigenvalue weighted by Gasteiger charge is 2.32. The molecule has 9 heteroatoms. The van der Waals surface area contributed by atoms with Crippen molar-refractivity contribution in [1.29, 1.82) is 0 Å². The number of likely N-dealkylation sites (N-methyl/N-ethyl adjacent to an activating group) is 1. The number of amides is 1. The lowest BCUT2D eigenvalue weighted by molar-refractivity contribution is -0.134. The Bertz CT molecular complexity index is 748. The van der Waals surface area contributed by atoms with E-state index < -0.39 is 28.3 Å². The molecular weight excluding hydrogens is 402 g/mol. The molecular formula is C15H18BrNO6S. The Labute approximate surface area is 149 Å². The van der Waals surface area contributed by atoms with E-state index in [0.29, 0.717) is 16.6 Å². The molecule has 0 spiro atoms. The van der Waals surface area contributed by atoms with Gasteiger partial charge in [0.25, 0.3) is 5.91 Å². The van der Waals surface area contributed by atoms with Crippen LogP contribution in [-0.4, -0.2) is 63.5 Å². The summed E-state index contributed by atoms with van der Waals surface area (Å²) in [5, 5.41) is 0. The van der Waals surface area contributed by atoms with Crippen molar-refractivity contribution >= 4 is 37.6 Å². The molecule has 0 saturated carbocycles. The first-order chi connectivity index (χ1) is 11.2. The molecule has 1 saturated heterocycles. The minimum absolute atomic E-state index is 0.0470. The Morgan fingerprint density at radius 1 is 1.38 bits per heavy atom. The van der Waals surface area contributed by atoms with Gasteiger partial charge >= 0.3 is 5.97 Å². The largest absolute Gasteiger partial charge is 0.496 e. The lowest BCUT2D eigenvalue weighted by Gasteiger charge is -2.23. The van der Waals surface area contributed by atoms with Crippen LogP contribution in [0.25, 0.3) is 0 Å². The molecule has 0 N–H and O–H groups in total. The number of carbonyl (C=O) groups is 2. The van der Waals surface area contributed by atoms with Crippen LogP contribution >= 0.6 is 15.9 Å². The minimum Gasteiger partial charge on any atom is -0.496 e. The van der Waals surface area contributed by atoms with Crippen LogP contribution in [0, 0.1) is 0 Å². The summed E-state index contributed by atoms with van der Waals surface area (Å²) in [6.07, 6.45) is 0.407. The number of methoxy groups -OCH3 is 1. The summed E-state index contributed by atoms with van der Waals surface area (Å²) in [4.78, 5) is 25.4. The van der Waals surface area contributed by atoms with Crippen molar-refractivity contribution in [3.63, 3.8) is 0 Å². The zero-order chi connectivity index (χ0) is 17.9. The van der Waals surface area contributed by atoms with Gasteiger partial charge in [0.2, 0.25) is 0 Å². The van der Waals surface area contributed by atoms with Gasteiger partial charge in [-0.3, -0.25) is 4.79 Å². The monoisotopic (exact) mass is 419 g/mol. The summed E-state index contributed by atoms with van der Waals surface area (Å²) in [5.74, 6) is -0.467. The van der Waals surface area contributed by atoms with Crippen LogP contribution < -0.4 is 4.74 Å². The molecule has 1 aliphatic heterocycles. The number of carbonyl (C=O) groups excluding carboxylic acids is 2. The summed E-state index contributed by atoms with van der Waals surface area (Å²) in [6.45, 7) is -0.435. The second-order valence-corrected chi connectivity index (χ2v) is 8.57. The third kappa shape index (κ3) is 4.47. The average Bonchev–Trinajstić information content (AvgIpc) is 2.91. The fourth-order valence-electron chi connectivity index (χ4n) is 2.39. The minimum atomic E-state index is -3.08. The lowest BCUT2D eigenvalue weighted by atomic mass is 10.2. The number of ether oxygens (including phenoxy) is 2. The van der Waals surface area contributed by atoms with E-state index in [4.69, 9.17) is 9.47 Å². The number of hydrogen-bond donors (Lipinski definition) is 0. The zero-order valence-corrected chi connectivity index (χ0v) is 15.7. The summed E-state index contributed by atoms with van der Waals surface area (Å²) in [6, 6.07) is 4.32. The first kappa shape index (κ1) is 18.7. The summed E-state index contributed by atoms with van der Waals surface area (Å²) in [7, 11) is -0.0492. The van der Waals surface area contributed by atoms with Gasteiger partial charge in [-0.1, -0.05) is 0 Å². The van der Waals surface area contributed by atoms with E-state index >= 15 is 0 Å². The average molecular weight is 420 g/mol. The van der Waals surface area contributed by atoms with E-state index in [-0.39, 0.29) is 23.1 Å². The molecule has 24 heavy (non-hydrogen) atoms. The fraction of sp³-hybridized carbons (Fsp3) is 0.467. The molecule has 1 atom stereocenters. The van der Waals surface area contributed by atoms with Gasteiger partial charge in [-0.05, 0) is 40.5 Å². The predicted octanol–water partition coefficient (Wildman–Crippen LogP) is 1.26. The van der Waals surface area contributed by atoms with Crippen LogP contribution in [0.5, 0.6) is 5.75 Å². The van der Waals surface area contributed by atoms with Crippen molar-refractivity contribution in [1.82, 2.24) is 4.90 Å². The number of sulfone groups is 1. The highest BCUT2D eigenvalue weighted by atomic mass is 79.9. The van der Waals surface area contributed by atoms with E-state index in [1.165, 1.54) is 25.1 Å².